The van der Waals surface area contributed by atoms with Gasteiger partial charge in [-0.05, 0) is 30.3 Å². The van der Waals surface area contributed by atoms with Crippen LogP contribution in [0.3, 0.4) is 0 Å². The van der Waals surface area contributed by atoms with Crippen molar-refractivity contribution in [3.05, 3.63) is 54.6 Å². The van der Waals surface area contributed by atoms with E-state index in [1.165, 1.54) is 4.90 Å². The van der Waals surface area contributed by atoms with Crippen molar-refractivity contribution in [3.8, 4) is 0 Å². The van der Waals surface area contributed by atoms with Gasteiger partial charge in [0.25, 0.3) is 0 Å². The lowest BCUT2D eigenvalue weighted by molar-refractivity contribution is -0.123. The molecule has 2 unspecified atom stereocenters. The Labute approximate surface area is 187 Å². The number of carbonyl (C=O) groups is 2. The van der Waals surface area contributed by atoms with Gasteiger partial charge >= 0.3 is 6.09 Å². The molecule has 0 aromatic heterocycles. The summed E-state index contributed by atoms with van der Waals surface area (Å²) < 4.78 is 31.9. The van der Waals surface area contributed by atoms with Crippen molar-refractivity contribution >= 4 is 33.2 Å². The largest absolute Gasteiger partial charge is 0.423 e. The number of carbonyl (C=O) groups excluding carboxylic acids is 2. The summed E-state index contributed by atoms with van der Waals surface area (Å²) in [5.74, 6) is -0.201. The van der Waals surface area contributed by atoms with Crippen LogP contribution in [-0.4, -0.2) is 58.2 Å². The standard InChI is InChI=1S/C22H26N4O5S/c1-2-19(27)24-20-15-26(22(28)31-20)17-8-6-7-16(13-17)25-12-11-23-14-21(25)32(29,30)18-9-4-3-5-10-18/h3-10,13,20-21,23H,2,11-12,14-15H2,1H3,(H,24,27). The van der Waals surface area contributed by atoms with E-state index >= 15 is 0 Å². The highest BCUT2D eigenvalue weighted by molar-refractivity contribution is 7.92. The van der Waals surface area contributed by atoms with Gasteiger partial charge < -0.3 is 20.3 Å². The first-order valence-corrected chi connectivity index (χ1v) is 12.1. The third-order valence-electron chi connectivity index (χ3n) is 5.55. The number of benzene rings is 2. The van der Waals surface area contributed by atoms with Crippen LogP contribution < -0.4 is 20.4 Å². The molecule has 2 fully saturated rings. The van der Waals surface area contributed by atoms with Crippen LogP contribution in [0, 0.1) is 0 Å². The van der Waals surface area contributed by atoms with Crippen LogP contribution in [0.1, 0.15) is 13.3 Å². The number of hydrogen-bond acceptors (Lipinski definition) is 7. The molecule has 170 valence electrons. The maximum absolute atomic E-state index is 13.3. The van der Waals surface area contributed by atoms with Crippen LogP contribution in [-0.2, 0) is 19.4 Å². The van der Waals surface area contributed by atoms with Crippen molar-refractivity contribution in [1.29, 1.82) is 0 Å². The lowest BCUT2D eigenvalue weighted by Crippen LogP contribution is -2.55. The minimum Gasteiger partial charge on any atom is -0.423 e. The Kier molecular flexibility index (Phi) is 6.33. The SMILES string of the molecule is CCC(=O)NC1CN(c2cccc(N3CCNCC3S(=O)(=O)c3ccccc3)c2)C(=O)O1. The Balaban J connectivity index is 1.59. The fourth-order valence-corrected chi connectivity index (χ4v) is 5.64. The van der Waals surface area contributed by atoms with E-state index in [0.29, 0.717) is 37.4 Å². The normalized spacial score (nSPS) is 21.3. The molecule has 2 atom stereocenters. The lowest BCUT2D eigenvalue weighted by Gasteiger charge is -2.37. The molecule has 9 nitrogen and oxygen atoms in total. The zero-order valence-corrected chi connectivity index (χ0v) is 18.5. The quantitative estimate of drug-likeness (QED) is 0.678. The second kappa shape index (κ2) is 9.17. The van der Waals surface area contributed by atoms with E-state index in [1.54, 1.807) is 55.5 Å². The smallest absolute Gasteiger partial charge is 0.416 e. The van der Waals surface area contributed by atoms with E-state index in [0.717, 1.165) is 0 Å². The van der Waals surface area contributed by atoms with Crippen molar-refractivity contribution in [1.82, 2.24) is 10.6 Å². The van der Waals surface area contributed by atoms with Crippen LogP contribution in [0.2, 0.25) is 0 Å². The molecule has 0 spiro atoms. The van der Waals surface area contributed by atoms with Crippen LogP contribution in [0.5, 0.6) is 0 Å². The number of nitrogens with one attached hydrogen (secondary N) is 2. The van der Waals surface area contributed by atoms with E-state index < -0.39 is 27.5 Å². The summed E-state index contributed by atoms with van der Waals surface area (Å²) in [4.78, 5) is 27.6. The van der Waals surface area contributed by atoms with E-state index in [4.69, 9.17) is 4.74 Å². The van der Waals surface area contributed by atoms with Gasteiger partial charge in [-0.2, -0.15) is 0 Å². The van der Waals surface area contributed by atoms with E-state index in [2.05, 4.69) is 10.6 Å². The molecular weight excluding hydrogens is 432 g/mol. The molecule has 0 aliphatic carbocycles. The van der Waals surface area contributed by atoms with E-state index in [9.17, 15) is 18.0 Å². The Bertz CT molecular complexity index is 1090. The van der Waals surface area contributed by atoms with Crippen molar-refractivity contribution < 1.29 is 22.7 Å². The van der Waals surface area contributed by atoms with Crippen molar-refractivity contribution in [2.75, 3.05) is 36.0 Å². The van der Waals surface area contributed by atoms with Crippen LogP contribution in [0.4, 0.5) is 16.2 Å². The number of cyclic esters (lactones) is 1. The first kappa shape index (κ1) is 22.1. The number of nitrogens with zero attached hydrogens (tertiary/aromatic N) is 2. The topological polar surface area (TPSA) is 108 Å². The summed E-state index contributed by atoms with van der Waals surface area (Å²) in [7, 11) is -3.62. The Morgan fingerprint density at radius 3 is 2.66 bits per heavy atom. The molecule has 10 heteroatoms. The minimum atomic E-state index is -3.62. The molecule has 0 saturated carbocycles. The number of sulfone groups is 1. The summed E-state index contributed by atoms with van der Waals surface area (Å²) in [5.41, 5.74) is 1.28. The van der Waals surface area contributed by atoms with Crippen LogP contribution >= 0.6 is 0 Å². The molecule has 4 rings (SSSR count). The highest BCUT2D eigenvalue weighted by Gasteiger charge is 2.36. The molecule has 0 bridgehead atoms. The molecule has 32 heavy (non-hydrogen) atoms. The molecule has 2 aliphatic heterocycles. The van der Waals surface area contributed by atoms with Gasteiger partial charge in [0.2, 0.25) is 15.7 Å². The summed E-state index contributed by atoms with van der Waals surface area (Å²) in [6.45, 7) is 3.34. The van der Waals surface area contributed by atoms with Gasteiger partial charge in [0.1, 0.15) is 5.37 Å². The second-order valence-electron chi connectivity index (χ2n) is 7.63. The number of anilines is 2. The minimum absolute atomic E-state index is 0.182. The first-order chi connectivity index (χ1) is 15.4. The molecule has 2 amide bonds. The predicted octanol–water partition coefficient (Wildman–Crippen LogP) is 1.71. The zero-order chi connectivity index (χ0) is 22.7. The maximum Gasteiger partial charge on any atom is 0.416 e. The number of piperazine rings is 1. The van der Waals surface area contributed by atoms with Gasteiger partial charge in [-0.25, -0.2) is 13.2 Å². The first-order valence-electron chi connectivity index (χ1n) is 10.5. The Morgan fingerprint density at radius 2 is 1.91 bits per heavy atom. The van der Waals surface area contributed by atoms with Crippen LogP contribution in [0.25, 0.3) is 0 Å². The van der Waals surface area contributed by atoms with E-state index in [-0.39, 0.29) is 17.3 Å². The van der Waals surface area contributed by atoms with Gasteiger partial charge in [-0.1, -0.05) is 31.2 Å². The van der Waals surface area contributed by atoms with Gasteiger partial charge in [0.15, 0.2) is 6.23 Å². The second-order valence-corrected chi connectivity index (χ2v) is 9.74. The number of amides is 2. The highest BCUT2D eigenvalue weighted by atomic mass is 32.2. The Morgan fingerprint density at radius 1 is 1.16 bits per heavy atom. The van der Waals surface area contributed by atoms with Crippen LogP contribution in [0.15, 0.2) is 59.5 Å². The molecular formula is C22H26N4O5S. The number of ether oxygens (including phenoxy) is 1. The van der Waals surface area contributed by atoms with Crippen molar-refractivity contribution in [3.63, 3.8) is 0 Å². The van der Waals surface area contributed by atoms with Gasteiger partial charge in [0.05, 0.1) is 11.4 Å². The Hall–Kier alpha value is -3.11. The summed E-state index contributed by atoms with van der Waals surface area (Å²) in [6.07, 6.45) is -0.981. The molecule has 2 aromatic carbocycles. The molecule has 0 radical (unpaired) electrons. The van der Waals surface area contributed by atoms with E-state index in [1.807, 2.05) is 11.0 Å². The third kappa shape index (κ3) is 4.42. The average molecular weight is 459 g/mol. The molecule has 2 aromatic rings. The molecule has 2 aliphatic rings. The van der Waals surface area contributed by atoms with Gasteiger partial charge in [0, 0.05) is 37.4 Å². The molecule has 2 heterocycles. The summed E-state index contributed by atoms with van der Waals surface area (Å²) in [6, 6.07) is 15.6. The fraction of sp³-hybridized carbons (Fsp3) is 0.364. The van der Waals surface area contributed by atoms with Crippen molar-refractivity contribution in [2.24, 2.45) is 0 Å². The maximum atomic E-state index is 13.3. The molecule has 2 N–H and O–H groups in total. The summed E-state index contributed by atoms with van der Waals surface area (Å²) >= 11 is 0. The third-order valence-corrected chi connectivity index (χ3v) is 7.62. The monoisotopic (exact) mass is 458 g/mol. The zero-order valence-electron chi connectivity index (χ0n) is 17.7. The predicted molar refractivity (Wildman–Crippen MR) is 120 cm³/mol. The number of rotatable bonds is 6. The fourth-order valence-electron chi connectivity index (χ4n) is 3.89. The van der Waals surface area contributed by atoms with Gasteiger partial charge in [-0.15, -0.1) is 0 Å². The van der Waals surface area contributed by atoms with Crippen molar-refractivity contribution in [2.45, 2.75) is 29.8 Å². The average Bonchev–Trinajstić information content (AvgIpc) is 3.19. The molecule has 2 saturated heterocycles. The lowest BCUT2D eigenvalue weighted by atomic mass is 10.2. The summed E-state index contributed by atoms with van der Waals surface area (Å²) in [5, 5.41) is 5.05. The van der Waals surface area contributed by atoms with Gasteiger partial charge in [-0.3, -0.25) is 9.69 Å². The number of hydrogen-bond donors (Lipinski definition) is 2. The highest BCUT2D eigenvalue weighted by Crippen LogP contribution is 2.30.